The van der Waals surface area contributed by atoms with Gasteiger partial charge in [-0.3, -0.25) is 0 Å². The number of rotatable bonds is 9. The SMILES string of the molecule is CC(C)c1ccc2c(c1)CC[C@H]1[C@](C)(CNCCNCCc3ccccc3F)CCC[C@]21C. The van der Waals surface area contributed by atoms with E-state index in [-0.39, 0.29) is 5.82 Å². The summed E-state index contributed by atoms with van der Waals surface area (Å²) in [5, 5.41) is 7.24. The minimum Gasteiger partial charge on any atom is -0.315 e. The Morgan fingerprint density at radius 2 is 1.79 bits per heavy atom. The number of halogens is 1. The van der Waals surface area contributed by atoms with E-state index < -0.39 is 0 Å². The molecule has 2 nitrogen and oxygen atoms in total. The van der Waals surface area contributed by atoms with Crippen LogP contribution >= 0.6 is 0 Å². The van der Waals surface area contributed by atoms with Crippen LogP contribution in [-0.2, 0) is 18.3 Å². The number of aryl methyl sites for hydroxylation is 1. The minimum absolute atomic E-state index is 0.0971. The molecule has 2 aliphatic rings. The van der Waals surface area contributed by atoms with Gasteiger partial charge in [-0.05, 0) is 89.6 Å². The molecule has 33 heavy (non-hydrogen) atoms. The van der Waals surface area contributed by atoms with Crippen molar-refractivity contribution in [1.82, 2.24) is 10.6 Å². The number of hydrogen-bond donors (Lipinski definition) is 2. The summed E-state index contributed by atoms with van der Waals surface area (Å²) in [6.07, 6.45) is 7.23. The highest BCUT2D eigenvalue weighted by atomic mass is 19.1. The quantitative estimate of drug-likeness (QED) is 0.433. The second-order valence-electron chi connectivity index (χ2n) is 11.4. The van der Waals surface area contributed by atoms with E-state index in [9.17, 15) is 4.39 Å². The Hall–Kier alpha value is -1.71. The summed E-state index contributed by atoms with van der Waals surface area (Å²) >= 11 is 0. The molecule has 0 spiro atoms. The van der Waals surface area contributed by atoms with Crippen molar-refractivity contribution >= 4 is 0 Å². The zero-order valence-electron chi connectivity index (χ0n) is 21.1. The van der Waals surface area contributed by atoms with Crippen molar-refractivity contribution in [2.75, 3.05) is 26.2 Å². The minimum atomic E-state index is -0.0971. The molecule has 0 amide bonds. The highest BCUT2D eigenvalue weighted by Crippen LogP contribution is 2.57. The van der Waals surface area contributed by atoms with E-state index in [1.165, 1.54) is 37.7 Å². The largest absolute Gasteiger partial charge is 0.315 e. The van der Waals surface area contributed by atoms with E-state index in [1.807, 2.05) is 12.1 Å². The number of fused-ring (bicyclic) bond motifs is 3. The lowest BCUT2D eigenvalue weighted by atomic mass is 9.49. The maximum Gasteiger partial charge on any atom is 0.126 e. The summed E-state index contributed by atoms with van der Waals surface area (Å²) in [6.45, 7) is 13.5. The van der Waals surface area contributed by atoms with Gasteiger partial charge >= 0.3 is 0 Å². The Balaban J connectivity index is 1.30. The molecule has 2 aromatic rings. The van der Waals surface area contributed by atoms with Crippen LogP contribution in [0.3, 0.4) is 0 Å². The molecule has 0 saturated heterocycles. The van der Waals surface area contributed by atoms with Gasteiger partial charge < -0.3 is 10.6 Å². The third-order valence-corrected chi connectivity index (χ3v) is 8.70. The van der Waals surface area contributed by atoms with Gasteiger partial charge in [-0.1, -0.05) is 70.5 Å². The lowest BCUT2D eigenvalue weighted by Crippen LogP contribution is -2.53. The number of hydrogen-bond acceptors (Lipinski definition) is 2. The molecule has 0 bridgehead atoms. The smallest absolute Gasteiger partial charge is 0.126 e. The Morgan fingerprint density at radius 1 is 1.00 bits per heavy atom. The first kappa shape index (κ1) is 24.4. The first-order chi connectivity index (χ1) is 15.8. The molecule has 0 unspecified atom stereocenters. The molecule has 2 N–H and O–H groups in total. The molecule has 3 heteroatoms. The topological polar surface area (TPSA) is 24.1 Å². The molecule has 2 aromatic carbocycles. The van der Waals surface area contributed by atoms with E-state index in [0.29, 0.717) is 16.7 Å². The van der Waals surface area contributed by atoms with Gasteiger partial charge in [0.25, 0.3) is 0 Å². The summed E-state index contributed by atoms with van der Waals surface area (Å²) < 4.78 is 13.7. The van der Waals surface area contributed by atoms with Crippen LogP contribution in [-0.4, -0.2) is 26.2 Å². The van der Waals surface area contributed by atoms with Crippen molar-refractivity contribution in [3.8, 4) is 0 Å². The van der Waals surface area contributed by atoms with Crippen LogP contribution < -0.4 is 10.6 Å². The average molecular weight is 451 g/mol. The molecular weight excluding hydrogens is 407 g/mol. The van der Waals surface area contributed by atoms with E-state index in [4.69, 9.17) is 0 Å². The summed E-state index contributed by atoms with van der Waals surface area (Å²) in [7, 11) is 0. The Morgan fingerprint density at radius 3 is 2.58 bits per heavy atom. The molecule has 0 aliphatic heterocycles. The standard InChI is InChI=1S/C30H43FN2/c1-22(2)24-10-12-26-25(20-24)11-13-28-29(3,15-7-16-30(26,28)4)21-33-19-18-32-17-14-23-8-5-6-9-27(23)31/h5-6,8-10,12,20,22,28,32-33H,7,11,13-19,21H2,1-4H3/t28-,29-,30+/m0/s1. The highest BCUT2D eigenvalue weighted by Gasteiger charge is 2.51. The van der Waals surface area contributed by atoms with Gasteiger partial charge in [-0.25, -0.2) is 4.39 Å². The summed E-state index contributed by atoms with van der Waals surface area (Å²) in [6, 6.07) is 14.4. The third-order valence-electron chi connectivity index (χ3n) is 8.70. The maximum absolute atomic E-state index is 13.7. The Kier molecular flexibility index (Phi) is 7.60. The van der Waals surface area contributed by atoms with Gasteiger partial charge in [-0.15, -0.1) is 0 Å². The van der Waals surface area contributed by atoms with Crippen molar-refractivity contribution < 1.29 is 4.39 Å². The highest BCUT2D eigenvalue weighted by molar-refractivity contribution is 5.42. The molecule has 1 saturated carbocycles. The van der Waals surface area contributed by atoms with Crippen LogP contribution in [0, 0.1) is 17.2 Å². The molecule has 4 rings (SSSR count). The van der Waals surface area contributed by atoms with Gasteiger partial charge in [0, 0.05) is 19.6 Å². The van der Waals surface area contributed by atoms with E-state index in [2.05, 4.69) is 56.5 Å². The monoisotopic (exact) mass is 450 g/mol. The fraction of sp³-hybridized carbons (Fsp3) is 0.600. The predicted octanol–water partition coefficient (Wildman–Crippen LogP) is 6.38. The van der Waals surface area contributed by atoms with Crippen LogP contribution in [0.2, 0.25) is 0 Å². The van der Waals surface area contributed by atoms with Crippen molar-refractivity contribution in [1.29, 1.82) is 0 Å². The zero-order valence-corrected chi connectivity index (χ0v) is 21.1. The van der Waals surface area contributed by atoms with E-state index >= 15 is 0 Å². The van der Waals surface area contributed by atoms with Gasteiger partial charge in [0.1, 0.15) is 5.82 Å². The van der Waals surface area contributed by atoms with Gasteiger partial charge in [0.05, 0.1) is 0 Å². The molecule has 180 valence electrons. The molecule has 0 radical (unpaired) electrons. The van der Waals surface area contributed by atoms with Crippen LogP contribution in [0.25, 0.3) is 0 Å². The first-order valence-corrected chi connectivity index (χ1v) is 13.1. The molecule has 1 fully saturated rings. The van der Waals surface area contributed by atoms with Gasteiger partial charge in [-0.2, -0.15) is 0 Å². The summed E-state index contributed by atoms with van der Waals surface area (Å²) in [5.74, 6) is 1.24. The van der Waals surface area contributed by atoms with Crippen LogP contribution in [0.5, 0.6) is 0 Å². The van der Waals surface area contributed by atoms with Crippen molar-refractivity contribution in [2.24, 2.45) is 11.3 Å². The molecule has 0 aromatic heterocycles. The molecule has 0 heterocycles. The van der Waals surface area contributed by atoms with Crippen molar-refractivity contribution in [3.63, 3.8) is 0 Å². The molecular formula is C30H43FN2. The Bertz CT molecular complexity index is 939. The van der Waals surface area contributed by atoms with Gasteiger partial charge in [0.15, 0.2) is 0 Å². The first-order valence-electron chi connectivity index (χ1n) is 13.1. The second-order valence-corrected chi connectivity index (χ2v) is 11.4. The summed E-state index contributed by atoms with van der Waals surface area (Å²) in [4.78, 5) is 0. The number of nitrogens with one attached hydrogen (secondary N) is 2. The fourth-order valence-corrected chi connectivity index (χ4v) is 6.81. The maximum atomic E-state index is 13.7. The fourth-order valence-electron chi connectivity index (χ4n) is 6.81. The molecule has 3 atom stereocenters. The summed E-state index contributed by atoms with van der Waals surface area (Å²) in [5.41, 5.74) is 6.16. The average Bonchev–Trinajstić information content (AvgIpc) is 2.79. The number of benzene rings is 2. The van der Waals surface area contributed by atoms with Gasteiger partial charge in [0.2, 0.25) is 0 Å². The third kappa shape index (κ3) is 5.20. The zero-order chi connectivity index (χ0) is 23.5. The molecule has 2 aliphatic carbocycles. The lowest BCUT2D eigenvalue weighted by molar-refractivity contribution is 0.0261. The van der Waals surface area contributed by atoms with Crippen molar-refractivity contribution in [2.45, 2.75) is 77.6 Å². The van der Waals surface area contributed by atoms with Crippen LogP contribution in [0.1, 0.15) is 81.5 Å². The van der Waals surface area contributed by atoms with Crippen LogP contribution in [0.4, 0.5) is 4.39 Å². The predicted molar refractivity (Wildman–Crippen MR) is 137 cm³/mol. The van der Waals surface area contributed by atoms with E-state index in [0.717, 1.165) is 44.1 Å². The van der Waals surface area contributed by atoms with E-state index in [1.54, 1.807) is 23.3 Å². The van der Waals surface area contributed by atoms with Crippen LogP contribution in [0.15, 0.2) is 42.5 Å². The Labute approximate surface area is 200 Å². The normalized spacial score (nSPS) is 26.8. The lowest BCUT2D eigenvalue weighted by Gasteiger charge is -2.55. The van der Waals surface area contributed by atoms with Crippen molar-refractivity contribution in [3.05, 3.63) is 70.5 Å². The second kappa shape index (κ2) is 10.3.